The largest absolute Gasteiger partial charge is 0.372 e. The number of allylic oxidation sites excluding steroid dienone is 1. The maximum atomic E-state index is 6.69. The Kier molecular flexibility index (Phi) is 6.48. The van der Waals surface area contributed by atoms with E-state index in [-0.39, 0.29) is 0 Å². The first-order chi connectivity index (χ1) is 16.5. The topological polar surface area (TPSA) is 34.6 Å². The summed E-state index contributed by atoms with van der Waals surface area (Å²) < 4.78 is 0. The molecule has 2 aromatic carbocycles. The van der Waals surface area contributed by atoms with E-state index in [1.165, 1.54) is 5.69 Å². The summed E-state index contributed by atoms with van der Waals surface area (Å²) in [6, 6.07) is 16.9. The second-order valence-electron chi connectivity index (χ2n) is 9.16. The minimum atomic E-state index is 0.721. The highest BCUT2D eigenvalue weighted by Gasteiger charge is 2.19. The van der Waals surface area contributed by atoms with Crippen molar-refractivity contribution in [2.24, 2.45) is 0 Å². The van der Waals surface area contributed by atoms with Crippen LogP contribution in [0.25, 0.3) is 27.9 Å². The molecule has 0 spiro atoms. The van der Waals surface area contributed by atoms with E-state index in [4.69, 9.17) is 16.6 Å². The lowest BCUT2D eigenvalue weighted by Gasteiger charge is -2.38. The Bertz CT molecular complexity index is 1210. The molecule has 34 heavy (non-hydrogen) atoms. The molecule has 5 rings (SSSR count). The van der Waals surface area contributed by atoms with Gasteiger partial charge in [-0.05, 0) is 36.8 Å². The molecule has 6 heteroatoms. The van der Waals surface area contributed by atoms with E-state index in [1.54, 1.807) is 0 Å². The molecule has 0 saturated carbocycles. The molecule has 0 unspecified atom stereocenters. The van der Waals surface area contributed by atoms with E-state index in [0.29, 0.717) is 0 Å². The molecule has 3 aromatic rings. The number of anilines is 1. The molecule has 176 valence electrons. The summed E-state index contributed by atoms with van der Waals surface area (Å²) in [5, 5.41) is 5.09. The summed E-state index contributed by atoms with van der Waals surface area (Å²) in [6.45, 7) is 18.5. The number of pyridine rings is 1. The minimum absolute atomic E-state index is 0.721. The molecular formula is C28H32ClN5. The molecule has 2 fully saturated rings. The van der Waals surface area contributed by atoms with Crippen LogP contribution in [0, 0.1) is 0 Å². The minimum Gasteiger partial charge on any atom is -0.372 e. The lowest BCUT2D eigenvalue weighted by Crippen LogP contribution is -2.44. The number of halogens is 1. The van der Waals surface area contributed by atoms with Gasteiger partial charge in [0.15, 0.2) is 0 Å². The van der Waals surface area contributed by atoms with Crippen molar-refractivity contribution < 1.29 is 0 Å². The van der Waals surface area contributed by atoms with Gasteiger partial charge in [0, 0.05) is 80.4 Å². The highest BCUT2D eigenvalue weighted by atomic mass is 35.5. The Labute approximate surface area is 207 Å². The van der Waals surface area contributed by atoms with E-state index in [9.17, 15) is 0 Å². The highest BCUT2D eigenvalue weighted by molar-refractivity contribution is 6.35. The first-order valence-corrected chi connectivity index (χ1v) is 12.4. The maximum Gasteiger partial charge on any atom is 0.0731 e. The van der Waals surface area contributed by atoms with Crippen molar-refractivity contribution >= 4 is 33.9 Å². The lowest BCUT2D eigenvalue weighted by atomic mass is 10.1. The molecule has 2 aliphatic heterocycles. The molecule has 5 nitrogen and oxygen atoms in total. The van der Waals surface area contributed by atoms with Gasteiger partial charge in [-0.2, -0.15) is 0 Å². The first kappa shape index (κ1) is 22.8. The quantitative estimate of drug-likeness (QED) is 0.558. The monoisotopic (exact) mass is 473 g/mol. The number of aromatic nitrogens is 1. The third kappa shape index (κ3) is 4.63. The Morgan fingerprint density at radius 3 is 2.24 bits per heavy atom. The fourth-order valence-electron chi connectivity index (χ4n) is 4.82. The van der Waals surface area contributed by atoms with Crippen LogP contribution in [-0.4, -0.2) is 67.1 Å². The van der Waals surface area contributed by atoms with Crippen LogP contribution in [0.3, 0.4) is 0 Å². The second-order valence-corrected chi connectivity index (χ2v) is 9.57. The van der Waals surface area contributed by atoms with Gasteiger partial charge in [0.25, 0.3) is 0 Å². The van der Waals surface area contributed by atoms with Gasteiger partial charge in [-0.3, -0.25) is 0 Å². The number of rotatable bonds is 5. The van der Waals surface area contributed by atoms with E-state index < -0.39 is 0 Å². The van der Waals surface area contributed by atoms with Crippen LogP contribution in [0.5, 0.6) is 0 Å². The number of hydrogen-bond acceptors (Lipinski definition) is 5. The van der Waals surface area contributed by atoms with Crippen molar-refractivity contribution in [2.45, 2.75) is 6.92 Å². The number of piperazine rings is 2. The van der Waals surface area contributed by atoms with Crippen molar-refractivity contribution in [1.29, 1.82) is 0 Å². The Morgan fingerprint density at radius 2 is 1.56 bits per heavy atom. The van der Waals surface area contributed by atoms with Crippen LogP contribution < -0.4 is 10.2 Å². The van der Waals surface area contributed by atoms with Crippen molar-refractivity contribution in [3.8, 4) is 11.3 Å². The van der Waals surface area contributed by atoms with Crippen LogP contribution >= 0.6 is 11.6 Å². The van der Waals surface area contributed by atoms with Gasteiger partial charge in [-0.25, -0.2) is 4.98 Å². The number of benzene rings is 2. The predicted octanol–water partition coefficient (Wildman–Crippen LogP) is 5.09. The summed E-state index contributed by atoms with van der Waals surface area (Å²) in [5.41, 5.74) is 7.36. The molecule has 0 amide bonds. The van der Waals surface area contributed by atoms with Crippen molar-refractivity contribution in [2.75, 3.05) is 57.3 Å². The number of fused-ring (bicyclic) bond motifs is 1. The number of nitrogens with zero attached hydrogens (tertiary/aromatic N) is 4. The predicted molar refractivity (Wildman–Crippen MR) is 144 cm³/mol. The molecule has 3 heterocycles. The van der Waals surface area contributed by atoms with Crippen LogP contribution in [0.1, 0.15) is 12.5 Å². The van der Waals surface area contributed by atoms with Gasteiger partial charge in [0.2, 0.25) is 0 Å². The van der Waals surface area contributed by atoms with Crippen LogP contribution in [-0.2, 0) is 0 Å². The smallest absolute Gasteiger partial charge is 0.0731 e. The molecule has 0 atom stereocenters. The van der Waals surface area contributed by atoms with E-state index >= 15 is 0 Å². The molecule has 0 aliphatic carbocycles. The highest BCUT2D eigenvalue weighted by Crippen LogP contribution is 2.31. The van der Waals surface area contributed by atoms with Gasteiger partial charge < -0.3 is 20.0 Å². The normalized spacial score (nSPS) is 16.7. The summed E-state index contributed by atoms with van der Waals surface area (Å²) in [4.78, 5) is 12.1. The molecule has 2 saturated heterocycles. The Hall–Kier alpha value is -3.02. The van der Waals surface area contributed by atoms with Crippen LogP contribution in [0.2, 0.25) is 5.02 Å². The van der Waals surface area contributed by atoms with Crippen molar-refractivity contribution in [1.82, 2.24) is 20.1 Å². The summed E-state index contributed by atoms with van der Waals surface area (Å²) in [5.74, 6) is 0. The maximum absolute atomic E-state index is 6.69. The zero-order chi connectivity index (χ0) is 23.7. The second kappa shape index (κ2) is 9.69. The SMILES string of the molecule is C=C(C)N1CCN(C(=C)c2ccc3c(Cl)cc(-c4ccc(N5CCNCC5)cc4)nc3c2)CC1. The zero-order valence-electron chi connectivity index (χ0n) is 19.9. The van der Waals surface area contributed by atoms with Gasteiger partial charge in [0.1, 0.15) is 0 Å². The third-order valence-corrected chi connectivity index (χ3v) is 7.25. The zero-order valence-corrected chi connectivity index (χ0v) is 20.6. The molecule has 0 bridgehead atoms. The third-order valence-electron chi connectivity index (χ3n) is 6.94. The molecule has 1 N–H and O–H groups in total. The van der Waals surface area contributed by atoms with Gasteiger partial charge >= 0.3 is 0 Å². The van der Waals surface area contributed by atoms with E-state index in [2.05, 4.69) is 82.6 Å². The average molecular weight is 474 g/mol. The lowest BCUT2D eigenvalue weighted by molar-refractivity contribution is 0.215. The Morgan fingerprint density at radius 1 is 0.882 bits per heavy atom. The van der Waals surface area contributed by atoms with E-state index in [1.807, 2.05) is 6.07 Å². The van der Waals surface area contributed by atoms with Gasteiger partial charge in [-0.1, -0.05) is 49.0 Å². The van der Waals surface area contributed by atoms with E-state index in [0.717, 1.165) is 96.5 Å². The standard InChI is InChI=1S/C28H32ClN5/c1-20(2)32-14-16-33(17-15-32)21(3)23-6-9-25-26(29)19-27(31-28(25)18-23)22-4-7-24(8-5-22)34-12-10-30-11-13-34/h4-9,18-19,30H,1,3,10-17H2,2H3. The van der Waals surface area contributed by atoms with Crippen molar-refractivity contribution in [3.05, 3.63) is 78.0 Å². The van der Waals surface area contributed by atoms with Gasteiger partial charge in [-0.15, -0.1) is 0 Å². The molecule has 1 aromatic heterocycles. The van der Waals surface area contributed by atoms with Crippen molar-refractivity contribution in [3.63, 3.8) is 0 Å². The average Bonchev–Trinajstić information content (AvgIpc) is 2.88. The summed E-state index contributed by atoms with van der Waals surface area (Å²) in [7, 11) is 0. The molecule has 2 aliphatic rings. The first-order valence-electron chi connectivity index (χ1n) is 12.0. The fraction of sp³-hybridized carbons (Fsp3) is 0.321. The van der Waals surface area contributed by atoms with Crippen LogP contribution in [0.4, 0.5) is 5.69 Å². The van der Waals surface area contributed by atoms with Gasteiger partial charge in [0.05, 0.1) is 16.2 Å². The summed E-state index contributed by atoms with van der Waals surface area (Å²) in [6.07, 6.45) is 0. The number of hydrogen-bond donors (Lipinski definition) is 1. The molecular weight excluding hydrogens is 442 g/mol. The molecule has 0 radical (unpaired) electrons. The Balaban J connectivity index is 1.38. The summed E-state index contributed by atoms with van der Waals surface area (Å²) >= 11 is 6.69. The van der Waals surface area contributed by atoms with Crippen LogP contribution in [0.15, 0.2) is 67.4 Å². The number of nitrogens with one attached hydrogen (secondary N) is 1. The fourth-order valence-corrected chi connectivity index (χ4v) is 5.08.